The molecule has 3 aromatic rings. The van der Waals surface area contributed by atoms with Crippen molar-refractivity contribution in [3.05, 3.63) is 76.2 Å². The van der Waals surface area contributed by atoms with Crippen LogP contribution in [0.15, 0.2) is 59.0 Å². The molecule has 0 atom stereocenters. The van der Waals surface area contributed by atoms with Crippen molar-refractivity contribution in [2.24, 2.45) is 0 Å². The molecule has 0 saturated heterocycles. The summed E-state index contributed by atoms with van der Waals surface area (Å²) in [5, 5.41) is 18.5. The molecule has 24 heavy (non-hydrogen) atoms. The van der Waals surface area contributed by atoms with Gasteiger partial charge in [-0.1, -0.05) is 30.3 Å². The molecule has 0 N–H and O–H groups in total. The first-order chi connectivity index (χ1) is 11.6. The second-order valence-electron chi connectivity index (χ2n) is 5.09. The van der Waals surface area contributed by atoms with Gasteiger partial charge in [0.05, 0.1) is 4.92 Å². The van der Waals surface area contributed by atoms with Crippen LogP contribution in [0.3, 0.4) is 0 Å². The van der Waals surface area contributed by atoms with E-state index in [1.807, 2.05) is 18.2 Å². The summed E-state index contributed by atoms with van der Waals surface area (Å²) in [7, 11) is 0. The quantitative estimate of drug-likeness (QED) is 0.391. The number of Topliss-reactive ketones (excluding diaryl/α,β-unsaturated/α-hetero) is 1. The van der Waals surface area contributed by atoms with Crippen molar-refractivity contribution in [2.75, 3.05) is 0 Å². The average Bonchev–Trinajstić information content (AvgIpc) is 3.09. The van der Waals surface area contributed by atoms with Crippen LogP contribution in [0, 0.1) is 10.1 Å². The van der Waals surface area contributed by atoms with Crippen LogP contribution in [0.2, 0.25) is 0 Å². The van der Waals surface area contributed by atoms with Crippen molar-refractivity contribution in [2.45, 2.75) is 12.8 Å². The molecule has 7 nitrogen and oxygen atoms in total. The fourth-order valence-electron chi connectivity index (χ4n) is 2.19. The van der Waals surface area contributed by atoms with Gasteiger partial charge in [0.15, 0.2) is 5.78 Å². The summed E-state index contributed by atoms with van der Waals surface area (Å²) in [5.74, 6) is 0.630. The van der Waals surface area contributed by atoms with Crippen LogP contribution in [0.1, 0.15) is 22.7 Å². The third kappa shape index (κ3) is 3.52. The highest BCUT2D eigenvalue weighted by Crippen LogP contribution is 2.21. The molecule has 0 fully saturated rings. The molecular weight excluding hydrogens is 310 g/mol. The number of ketones is 1. The highest BCUT2D eigenvalue weighted by atomic mass is 16.6. The molecule has 0 radical (unpaired) electrons. The summed E-state index contributed by atoms with van der Waals surface area (Å²) < 4.78 is 5.51. The predicted octanol–water partition coefficient (Wildman–Crippen LogP) is 3.46. The normalized spacial score (nSPS) is 10.5. The van der Waals surface area contributed by atoms with Crippen LogP contribution in [0.5, 0.6) is 0 Å². The van der Waals surface area contributed by atoms with Gasteiger partial charge in [0, 0.05) is 36.1 Å². The molecule has 0 amide bonds. The summed E-state index contributed by atoms with van der Waals surface area (Å²) in [6.45, 7) is 0. The minimum Gasteiger partial charge on any atom is -0.421 e. The van der Waals surface area contributed by atoms with E-state index in [9.17, 15) is 14.9 Å². The Hall–Kier alpha value is -3.35. The summed E-state index contributed by atoms with van der Waals surface area (Å²) in [6.07, 6.45) is 0.611. The van der Waals surface area contributed by atoms with Gasteiger partial charge in [-0.15, -0.1) is 10.2 Å². The van der Waals surface area contributed by atoms with Gasteiger partial charge < -0.3 is 4.42 Å². The van der Waals surface area contributed by atoms with Gasteiger partial charge in [-0.3, -0.25) is 14.9 Å². The van der Waals surface area contributed by atoms with Crippen molar-refractivity contribution in [1.29, 1.82) is 0 Å². The number of benzene rings is 2. The SMILES string of the molecule is O=C(CCc1nnc(-c2ccc([N+](=O)[O-])cc2)o1)c1ccccc1. The van der Waals surface area contributed by atoms with Gasteiger partial charge in [0.2, 0.25) is 11.8 Å². The van der Waals surface area contributed by atoms with Crippen LogP contribution in [0.4, 0.5) is 5.69 Å². The summed E-state index contributed by atoms with van der Waals surface area (Å²) in [6, 6.07) is 14.8. The van der Waals surface area contributed by atoms with Gasteiger partial charge in [-0.2, -0.15) is 0 Å². The van der Waals surface area contributed by atoms with Crippen LogP contribution in [0.25, 0.3) is 11.5 Å². The van der Waals surface area contributed by atoms with Crippen LogP contribution in [-0.4, -0.2) is 20.9 Å². The summed E-state index contributed by atoms with van der Waals surface area (Å²) >= 11 is 0. The minimum atomic E-state index is -0.474. The van der Waals surface area contributed by atoms with Gasteiger partial charge in [-0.25, -0.2) is 0 Å². The molecule has 120 valence electrons. The Kier molecular flexibility index (Phi) is 4.42. The third-order valence-electron chi connectivity index (χ3n) is 3.45. The van der Waals surface area contributed by atoms with E-state index in [0.29, 0.717) is 23.4 Å². The number of rotatable bonds is 6. The number of carbonyl (C=O) groups is 1. The molecule has 0 aliphatic rings. The van der Waals surface area contributed by atoms with E-state index >= 15 is 0 Å². The second kappa shape index (κ2) is 6.82. The molecule has 7 heteroatoms. The number of hydrogen-bond acceptors (Lipinski definition) is 6. The lowest BCUT2D eigenvalue weighted by Crippen LogP contribution is -2.00. The van der Waals surface area contributed by atoms with Crippen molar-refractivity contribution < 1.29 is 14.1 Å². The van der Waals surface area contributed by atoms with Gasteiger partial charge in [-0.05, 0) is 12.1 Å². The Bertz CT molecular complexity index is 857. The zero-order chi connectivity index (χ0) is 16.9. The smallest absolute Gasteiger partial charge is 0.269 e. The first-order valence-corrected chi connectivity index (χ1v) is 7.29. The number of aromatic nitrogens is 2. The Morgan fingerprint density at radius 3 is 2.42 bits per heavy atom. The zero-order valence-electron chi connectivity index (χ0n) is 12.6. The van der Waals surface area contributed by atoms with Crippen molar-refractivity contribution in [3.63, 3.8) is 0 Å². The van der Waals surface area contributed by atoms with Crippen molar-refractivity contribution in [1.82, 2.24) is 10.2 Å². The fourth-order valence-corrected chi connectivity index (χ4v) is 2.19. The third-order valence-corrected chi connectivity index (χ3v) is 3.45. The largest absolute Gasteiger partial charge is 0.421 e. The van der Waals surface area contributed by atoms with E-state index in [1.165, 1.54) is 12.1 Å². The topological polar surface area (TPSA) is 99.1 Å². The molecule has 0 unspecified atom stereocenters. The number of aryl methyl sites for hydroxylation is 1. The van der Waals surface area contributed by atoms with Crippen LogP contribution in [-0.2, 0) is 6.42 Å². The molecule has 1 heterocycles. The number of nitrogens with zero attached hydrogens (tertiary/aromatic N) is 3. The van der Waals surface area contributed by atoms with Crippen molar-refractivity contribution >= 4 is 11.5 Å². The lowest BCUT2D eigenvalue weighted by molar-refractivity contribution is -0.384. The minimum absolute atomic E-state index is 0.00526. The van der Waals surface area contributed by atoms with E-state index in [4.69, 9.17) is 4.42 Å². The first-order valence-electron chi connectivity index (χ1n) is 7.29. The fraction of sp³-hybridized carbons (Fsp3) is 0.118. The van der Waals surface area contributed by atoms with Crippen molar-refractivity contribution in [3.8, 4) is 11.5 Å². The zero-order valence-corrected chi connectivity index (χ0v) is 12.6. The molecule has 2 aromatic carbocycles. The highest BCUT2D eigenvalue weighted by molar-refractivity contribution is 5.96. The van der Waals surface area contributed by atoms with E-state index in [2.05, 4.69) is 10.2 Å². The van der Waals surface area contributed by atoms with Gasteiger partial charge >= 0.3 is 0 Å². The number of carbonyl (C=O) groups excluding carboxylic acids is 1. The average molecular weight is 323 g/mol. The van der Waals surface area contributed by atoms with Crippen LogP contribution < -0.4 is 0 Å². The molecule has 0 bridgehead atoms. The standard InChI is InChI=1S/C17H13N3O4/c21-15(12-4-2-1-3-5-12)10-11-16-18-19-17(24-16)13-6-8-14(9-7-13)20(22)23/h1-9H,10-11H2. The molecule has 0 aliphatic carbocycles. The van der Waals surface area contributed by atoms with Crippen LogP contribution >= 0.6 is 0 Å². The maximum Gasteiger partial charge on any atom is 0.269 e. The number of non-ortho nitro benzene ring substituents is 1. The van der Waals surface area contributed by atoms with E-state index in [1.54, 1.807) is 24.3 Å². The number of nitro groups is 1. The summed E-state index contributed by atoms with van der Waals surface area (Å²) in [5.41, 5.74) is 1.23. The maximum atomic E-state index is 12.0. The van der Waals surface area contributed by atoms with E-state index in [-0.39, 0.29) is 23.8 Å². The van der Waals surface area contributed by atoms with Gasteiger partial charge in [0.1, 0.15) is 0 Å². The van der Waals surface area contributed by atoms with Gasteiger partial charge in [0.25, 0.3) is 5.69 Å². The molecule has 0 aliphatic heterocycles. The lowest BCUT2D eigenvalue weighted by Gasteiger charge is -1.98. The molecule has 1 aromatic heterocycles. The first kappa shape index (κ1) is 15.5. The highest BCUT2D eigenvalue weighted by Gasteiger charge is 2.13. The Morgan fingerprint density at radius 1 is 1.04 bits per heavy atom. The predicted molar refractivity (Wildman–Crippen MR) is 85.5 cm³/mol. The Balaban J connectivity index is 1.65. The second-order valence-corrected chi connectivity index (χ2v) is 5.09. The molecular formula is C17H13N3O4. The molecule has 0 spiro atoms. The number of hydrogen-bond donors (Lipinski definition) is 0. The Labute approximate surface area is 137 Å². The number of nitro benzene ring substituents is 1. The molecule has 0 saturated carbocycles. The summed E-state index contributed by atoms with van der Waals surface area (Å²) in [4.78, 5) is 22.2. The lowest BCUT2D eigenvalue weighted by atomic mass is 10.1. The van der Waals surface area contributed by atoms with E-state index in [0.717, 1.165) is 0 Å². The Morgan fingerprint density at radius 2 is 1.75 bits per heavy atom. The maximum absolute atomic E-state index is 12.0. The molecule has 3 rings (SSSR count). The van der Waals surface area contributed by atoms with E-state index < -0.39 is 4.92 Å². The monoisotopic (exact) mass is 323 g/mol.